The average Bonchev–Trinajstić information content (AvgIpc) is 3.31. The van der Waals surface area contributed by atoms with Crippen LogP contribution < -0.4 is 10.9 Å². The van der Waals surface area contributed by atoms with Gasteiger partial charge in [-0.1, -0.05) is 52.9 Å². The number of carbonyl (C=O) groups excluding carboxylic acids is 2. The molecule has 0 unspecified atom stereocenters. The van der Waals surface area contributed by atoms with E-state index < -0.39 is 0 Å². The molecule has 2 aromatic carbocycles. The van der Waals surface area contributed by atoms with Gasteiger partial charge < -0.3 is 23.5 Å². The zero-order valence-electron chi connectivity index (χ0n) is 27.4. The summed E-state index contributed by atoms with van der Waals surface area (Å²) in [5, 5.41) is 0. The van der Waals surface area contributed by atoms with Crippen molar-refractivity contribution in [2.75, 3.05) is 18.5 Å². The van der Waals surface area contributed by atoms with Crippen LogP contribution in [0.15, 0.2) is 36.4 Å². The van der Waals surface area contributed by atoms with Crippen LogP contribution in [0.1, 0.15) is 100 Å². The highest BCUT2D eigenvalue weighted by Gasteiger charge is 2.52. The van der Waals surface area contributed by atoms with Gasteiger partial charge in [-0.2, -0.15) is 0 Å². The number of hydrogen-bond donors (Lipinski definition) is 0. The Morgan fingerprint density at radius 1 is 0.651 bits per heavy atom. The Morgan fingerprint density at radius 2 is 1.07 bits per heavy atom. The molecular weight excluding hydrogens is 655 g/mol. The van der Waals surface area contributed by atoms with Crippen LogP contribution in [-0.2, 0) is 31.5 Å². The summed E-state index contributed by atoms with van der Waals surface area (Å²) in [6.07, 6.45) is 3.46. The maximum absolute atomic E-state index is 12.1. The van der Waals surface area contributed by atoms with Crippen LogP contribution in [0.2, 0.25) is 0 Å². The summed E-state index contributed by atoms with van der Waals surface area (Å²) in [5.74, 6) is 0.350. The first kappa shape index (κ1) is 34.2. The molecule has 4 aliphatic rings. The summed E-state index contributed by atoms with van der Waals surface area (Å²) in [6, 6.07) is 11.9. The number of Topliss-reactive ketones (excluding diaryl/α,β-unsaturated/α-hetero) is 1. The summed E-state index contributed by atoms with van der Waals surface area (Å²) < 4.78 is 24.3. The number of halogens is 1. The number of carbonyl (C=O) groups is 2. The van der Waals surface area contributed by atoms with Gasteiger partial charge in [-0.05, 0) is 108 Å². The minimum atomic E-state index is -0.366. The van der Waals surface area contributed by atoms with Crippen molar-refractivity contribution in [3.8, 4) is 0 Å². The highest BCUT2D eigenvalue weighted by Crippen LogP contribution is 2.37. The van der Waals surface area contributed by atoms with E-state index in [1.165, 1.54) is 0 Å². The highest BCUT2D eigenvalue weighted by molar-refractivity contribution is 14.1. The lowest BCUT2D eigenvalue weighted by Crippen LogP contribution is -2.41. The quantitative estimate of drug-likeness (QED) is 0.245. The normalized spacial score (nSPS) is 22.6. The molecule has 2 aromatic rings. The number of alkyl halides is 1. The number of aryl methyl sites for hydroxylation is 1. The monoisotopic (exact) mass is 701 g/mol. The van der Waals surface area contributed by atoms with Crippen molar-refractivity contribution in [1.82, 2.24) is 4.90 Å². The molecule has 0 bridgehead atoms. The van der Waals surface area contributed by atoms with Gasteiger partial charge in [-0.25, -0.2) is 0 Å². The van der Waals surface area contributed by atoms with Gasteiger partial charge in [0.2, 0.25) is 0 Å². The maximum Gasteiger partial charge on any atom is 0.494 e. The molecule has 0 N–H and O–H groups in total. The number of benzene rings is 2. The van der Waals surface area contributed by atoms with E-state index in [0.717, 1.165) is 59.0 Å². The molecule has 0 radical (unpaired) electrons. The molecule has 2 saturated heterocycles. The first-order chi connectivity index (χ1) is 20.0. The number of hydrogen-bond acceptors (Lipinski definition) is 6. The van der Waals surface area contributed by atoms with Gasteiger partial charge in [0.15, 0.2) is 5.78 Å². The number of likely N-dealkylation sites (N-methyl/N-ethyl adjacent to an activating group) is 1. The smallest absolute Gasteiger partial charge is 0.399 e. The van der Waals surface area contributed by atoms with Crippen molar-refractivity contribution < 1.29 is 28.2 Å². The van der Waals surface area contributed by atoms with Gasteiger partial charge >= 0.3 is 14.2 Å². The van der Waals surface area contributed by atoms with Crippen LogP contribution in [-0.4, -0.2) is 71.8 Å². The first-order valence-electron chi connectivity index (χ1n) is 15.1. The van der Waals surface area contributed by atoms with Gasteiger partial charge in [0, 0.05) is 31.1 Å². The topological polar surface area (TPSA) is 74.3 Å². The number of nitrogens with zero attached hydrogens (tertiary/aromatic N) is 1. The fourth-order valence-corrected chi connectivity index (χ4v) is 5.54. The predicted octanol–water partition coefficient (Wildman–Crippen LogP) is 5.17. The zero-order valence-corrected chi connectivity index (χ0v) is 29.6. The molecule has 3 aliphatic heterocycles. The first-order valence-corrected chi connectivity index (χ1v) is 17.3. The second-order valence-corrected chi connectivity index (χ2v) is 13.8. The molecule has 0 saturated carbocycles. The third kappa shape index (κ3) is 6.78. The molecule has 6 rings (SSSR count). The molecule has 1 amide bonds. The van der Waals surface area contributed by atoms with Crippen LogP contribution in [0.25, 0.3) is 0 Å². The molecule has 232 valence electrons. The third-order valence-electron chi connectivity index (χ3n) is 9.75. The lowest BCUT2D eigenvalue weighted by molar-refractivity contribution is 0.00578. The van der Waals surface area contributed by atoms with E-state index in [1.807, 2.05) is 63.9 Å². The van der Waals surface area contributed by atoms with Crippen LogP contribution >= 0.6 is 22.6 Å². The SMILES string of the molecule is CC1(C)OB(c2ccc3c(c2)CCCC3=O)OC1(C)C.CI.CN1CCc2cc(B3OC(C)(C)C(C)(C)O3)ccc2C1=O. The van der Waals surface area contributed by atoms with Crippen LogP contribution in [0.5, 0.6) is 0 Å². The van der Waals surface area contributed by atoms with Crippen molar-refractivity contribution in [2.24, 2.45) is 0 Å². The van der Waals surface area contributed by atoms with E-state index >= 15 is 0 Å². The fraction of sp³-hybridized carbons (Fsp3) is 0.576. The van der Waals surface area contributed by atoms with E-state index in [-0.39, 0.29) is 48.3 Å². The highest BCUT2D eigenvalue weighted by atomic mass is 127. The second kappa shape index (κ2) is 12.6. The van der Waals surface area contributed by atoms with Crippen LogP contribution in [0, 0.1) is 0 Å². The molecule has 0 atom stereocenters. The Hall–Kier alpha value is -1.72. The summed E-state index contributed by atoms with van der Waals surface area (Å²) in [5.41, 5.74) is 4.54. The van der Waals surface area contributed by atoms with Crippen molar-refractivity contribution >= 4 is 59.4 Å². The number of fused-ring (bicyclic) bond motifs is 2. The summed E-state index contributed by atoms with van der Waals surface area (Å²) in [4.78, 5) is 27.7. The van der Waals surface area contributed by atoms with Crippen molar-refractivity contribution in [1.29, 1.82) is 0 Å². The molecular formula is C33H46B2INO6. The average molecular weight is 701 g/mol. The van der Waals surface area contributed by atoms with E-state index in [4.69, 9.17) is 18.6 Å². The zero-order chi connectivity index (χ0) is 32.0. The number of ketones is 1. The van der Waals surface area contributed by atoms with Gasteiger partial charge in [0.25, 0.3) is 5.91 Å². The Morgan fingerprint density at radius 3 is 1.53 bits per heavy atom. The fourth-order valence-electron chi connectivity index (χ4n) is 5.54. The van der Waals surface area contributed by atoms with E-state index in [1.54, 1.807) is 4.90 Å². The van der Waals surface area contributed by atoms with Crippen LogP contribution in [0.4, 0.5) is 0 Å². The van der Waals surface area contributed by atoms with Crippen molar-refractivity contribution in [3.05, 3.63) is 58.7 Å². The Bertz CT molecular complexity index is 1340. The molecule has 10 heteroatoms. The van der Waals surface area contributed by atoms with E-state index in [9.17, 15) is 9.59 Å². The Balaban J connectivity index is 0.000000186. The molecule has 7 nitrogen and oxygen atoms in total. The maximum atomic E-state index is 12.1. The molecule has 3 heterocycles. The molecule has 43 heavy (non-hydrogen) atoms. The van der Waals surface area contributed by atoms with Crippen molar-refractivity contribution in [2.45, 2.75) is 103 Å². The summed E-state index contributed by atoms with van der Waals surface area (Å²) in [7, 11) is 1.13. The predicted molar refractivity (Wildman–Crippen MR) is 182 cm³/mol. The molecule has 0 aromatic heterocycles. The minimum Gasteiger partial charge on any atom is -0.399 e. The standard InChI is InChI=1S/C16H22BNO3.C16H21BO3.CH3I/c1-15(2)16(3,4)21-17(20-15)12-6-7-13-11(10-12)8-9-18(5)14(13)19;1-15(2)16(3,4)20-17(19-15)12-8-9-13-11(10-12)6-5-7-14(13)18;1-2/h6-7,10H,8-9H2,1-5H3;8-10H,5-7H2,1-4H3;1H3. The Kier molecular flexibility index (Phi) is 10.00. The lowest BCUT2D eigenvalue weighted by Gasteiger charge is -2.32. The molecule has 1 aliphatic carbocycles. The second-order valence-electron chi connectivity index (χ2n) is 13.8. The van der Waals surface area contributed by atoms with Crippen LogP contribution in [0.3, 0.4) is 0 Å². The van der Waals surface area contributed by atoms with Gasteiger partial charge in [0.05, 0.1) is 22.4 Å². The lowest BCUT2D eigenvalue weighted by atomic mass is 9.76. The summed E-state index contributed by atoms with van der Waals surface area (Å²) >= 11 is 2.15. The molecule has 0 spiro atoms. The third-order valence-corrected chi connectivity index (χ3v) is 9.75. The number of amides is 1. The molecule has 2 fully saturated rings. The summed E-state index contributed by atoms with van der Waals surface area (Å²) in [6.45, 7) is 17.1. The largest absolute Gasteiger partial charge is 0.494 e. The number of rotatable bonds is 2. The van der Waals surface area contributed by atoms with Gasteiger partial charge in [-0.3, -0.25) is 9.59 Å². The Labute approximate surface area is 272 Å². The van der Waals surface area contributed by atoms with Crippen molar-refractivity contribution in [3.63, 3.8) is 0 Å². The van der Waals surface area contributed by atoms with E-state index in [0.29, 0.717) is 6.42 Å². The van der Waals surface area contributed by atoms with Gasteiger partial charge in [-0.15, -0.1) is 0 Å². The minimum absolute atomic E-state index is 0.0942. The van der Waals surface area contributed by atoms with Gasteiger partial charge in [0.1, 0.15) is 0 Å². The van der Waals surface area contributed by atoms with E-state index in [2.05, 4.69) is 62.4 Å².